The lowest BCUT2D eigenvalue weighted by Crippen LogP contribution is -2.32. The SMILES string of the molecule is CCCCC(CC)CC(CO)(CO)CCC. The summed E-state index contributed by atoms with van der Waals surface area (Å²) in [7, 11) is 0. The van der Waals surface area contributed by atoms with Gasteiger partial charge in [0.05, 0.1) is 13.2 Å². The molecular weight excluding hydrogens is 200 g/mol. The number of hydrogen-bond acceptors (Lipinski definition) is 2. The number of rotatable bonds is 10. The second-order valence-electron chi connectivity index (χ2n) is 5.19. The molecular formula is C14H30O2. The van der Waals surface area contributed by atoms with Gasteiger partial charge in [-0.1, -0.05) is 52.9 Å². The molecule has 2 N–H and O–H groups in total. The maximum atomic E-state index is 9.52. The lowest BCUT2D eigenvalue weighted by molar-refractivity contribution is 0.0233. The molecule has 0 aliphatic rings. The van der Waals surface area contributed by atoms with Crippen LogP contribution >= 0.6 is 0 Å². The molecule has 0 bridgehead atoms. The van der Waals surface area contributed by atoms with E-state index in [0.29, 0.717) is 5.92 Å². The molecule has 0 rings (SSSR count). The molecule has 1 atom stereocenters. The van der Waals surface area contributed by atoms with Crippen molar-refractivity contribution in [2.75, 3.05) is 13.2 Å². The highest BCUT2D eigenvalue weighted by atomic mass is 16.3. The second-order valence-corrected chi connectivity index (χ2v) is 5.19. The van der Waals surface area contributed by atoms with Crippen LogP contribution in [0.25, 0.3) is 0 Å². The number of aliphatic hydroxyl groups excluding tert-OH is 2. The van der Waals surface area contributed by atoms with E-state index < -0.39 is 0 Å². The molecule has 98 valence electrons. The lowest BCUT2D eigenvalue weighted by atomic mass is 9.75. The summed E-state index contributed by atoms with van der Waals surface area (Å²) in [6.45, 7) is 6.79. The first kappa shape index (κ1) is 15.9. The van der Waals surface area contributed by atoms with Gasteiger partial charge in [0, 0.05) is 5.41 Å². The molecule has 0 radical (unpaired) electrons. The summed E-state index contributed by atoms with van der Waals surface area (Å²) >= 11 is 0. The average molecular weight is 230 g/mol. The molecule has 0 aliphatic heterocycles. The van der Waals surface area contributed by atoms with Crippen molar-refractivity contribution < 1.29 is 10.2 Å². The number of hydrogen-bond donors (Lipinski definition) is 2. The van der Waals surface area contributed by atoms with Gasteiger partial charge in [0.15, 0.2) is 0 Å². The van der Waals surface area contributed by atoms with E-state index in [1.54, 1.807) is 0 Å². The Bertz CT molecular complexity index is 153. The summed E-state index contributed by atoms with van der Waals surface area (Å²) < 4.78 is 0. The first-order chi connectivity index (χ1) is 7.67. The topological polar surface area (TPSA) is 40.5 Å². The van der Waals surface area contributed by atoms with Crippen LogP contribution in [0.5, 0.6) is 0 Å². The Balaban J connectivity index is 4.32. The minimum absolute atomic E-state index is 0.125. The molecule has 0 aliphatic carbocycles. The molecule has 2 heteroatoms. The molecule has 16 heavy (non-hydrogen) atoms. The third-order valence-electron chi connectivity index (χ3n) is 3.72. The molecule has 0 aromatic heterocycles. The average Bonchev–Trinajstić information content (AvgIpc) is 2.33. The van der Waals surface area contributed by atoms with Crippen LogP contribution in [0, 0.1) is 11.3 Å². The van der Waals surface area contributed by atoms with Crippen LogP contribution in [-0.2, 0) is 0 Å². The molecule has 0 saturated heterocycles. The summed E-state index contributed by atoms with van der Waals surface area (Å²) in [5, 5.41) is 19.0. The highest BCUT2D eigenvalue weighted by Crippen LogP contribution is 2.34. The van der Waals surface area contributed by atoms with Crippen molar-refractivity contribution >= 4 is 0 Å². The maximum Gasteiger partial charge on any atom is 0.0509 e. The van der Waals surface area contributed by atoms with E-state index >= 15 is 0 Å². The molecule has 0 fully saturated rings. The molecule has 1 unspecified atom stereocenters. The fourth-order valence-electron chi connectivity index (χ4n) is 2.53. The molecule has 0 spiro atoms. The van der Waals surface area contributed by atoms with Gasteiger partial charge in [-0.25, -0.2) is 0 Å². The smallest absolute Gasteiger partial charge is 0.0509 e. The third-order valence-corrected chi connectivity index (χ3v) is 3.72. The normalized spacial score (nSPS) is 14.1. The molecule has 0 saturated carbocycles. The van der Waals surface area contributed by atoms with Gasteiger partial charge in [0.1, 0.15) is 0 Å². The second kappa shape index (κ2) is 9.00. The number of aliphatic hydroxyl groups is 2. The Kier molecular flexibility index (Phi) is 8.96. The quantitative estimate of drug-likeness (QED) is 0.604. The van der Waals surface area contributed by atoms with Crippen LogP contribution in [0.4, 0.5) is 0 Å². The van der Waals surface area contributed by atoms with Crippen molar-refractivity contribution in [3.63, 3.8) is 0 Å². The van der Waals surface area contributed by atoms with Gasteiger partial charge in [-0.3, -0.25) is 0 Å². The zero-order valence-electron chi connectivity index (χ0n) is 11.3. The van der Waals surface area contributed by atoms with E-state index in [-0.39, 0.29) is 18.6 Å². The van der Waals surface area contributed by atoms with Gasteiger partial charge in [-0.15, -0.1) is 0 Å². The van der Waals surface area contributed by atoms with E-state index in [9.17, 15) is 10.2 Å². The summed E-state index contributed by atoms with van der Waals surface area (Å²) in [5.41, 5.74) is -0.233. The predicted octanol–water partition coefficient (Wildman–Crippen LogP) is 3.36. The molecule has 0 amide bonds. The molecule has 0 heterocycles. The van der Waals surface area contributed by atoms with Gasteiger partial charge >= 0.3 is 0 Å². The van der Waals surface area contributed by atoms with Crippen LogP contribution in [0.2, 0.25) is 0 Å². The van der Waals surface area contributed by atoms with Crippen molar-refractivity contribution in [1.29, 1.82) is 0 Å². The van der Waals surface area contributed by atoms with E-state index in [2.05, 4.69) is 20.8 Å². The van der Waals surface area contributed by atoms with Crippen molar-refractivity contribution in [2.24, 2.45) is 11.3 Å². The van der Waals surface area contributed by atoms with Crippen LogP contribution < -0.4 is 0 Å². The summed E-state index contributed by atoms with van der Waals surface area (Å²) in [4.78, 5) is 0. The summed E-state index contributed by atoms with van der Waals surface area (Å²) in [6.07, 6.45) is 7.83. The lowest BCUT2D eigenvalue weighted by Gasteiger charge is -2.33. The fraction of sp³-hybridized carbons (Fsp3) is 1.00. The van der Waals surface area contributed by atoms with E-state index in [0.717, 1.165) is 25.7 Å². The van der Waals surface area contributed by atoms with Crippen LogP contribution in [0.3, 0.4) is 0 Å². The van der Waals surface area contributed by atoms with Gasteiger partial charge < -0.3 is 10.2 Å². The van der Waals surface area contributed by atoms with Gasteiger partial charge in [-0.05, 0) is 18.8 Å². The first-order valence-electron chi connectivity index (χ1n) is 6.89. The fourth-order valence-corrected chi connectivity index (χ4v) is 2.53. The van der Waals surface area contributed by atoms with E-state index in [1.165, 1.54) is 19.3 Å². The maximum absolute atomic E-state index is 9.52. The van der Waals surface area contributed by atoms with E-state index in [4.69, 9.17) is 0 Å². The summed E-state index contributed by atoms with van der Waals surface area (Å²) in [6, 6.07) is 0. The van der Waals surface area contributed by atoms with Crippen LogP contribution in [-0.4, -0.2) is 23.4 Å². The zero-order valence-corrected chi connectivity index (χ0v) is 11.3. The van der Waals surface area contributed by atoms with Gasteiger partial charge in [0.2, 0.25) is 0 Å². The highest BCUT2D eigenvalue weighted by Gasteiger charge is 2.30. The van der Waals surface area contributed by atoms with Crippen LogP contribution in [0.15, 0.2) is 0 Å². The predicted molar refractivity (Wildman–Crippen MR) is 69.4 cm³/mol. The Morgan fingerprint density at radius 3 is 2.00 bits per heavy atom. The highest BCUT2D eigenvalue weighted by molar-refractivity contribution is 4.80. The van der Waals surface area contributed by atoms with Crippen molar-refractivity contribution in [1.82, 2.24) is 0 Å². The van der Waals surface area contributed by atoms with Gasteiger partial charge in [-0.2, -0.15) is 0 Å². The Labute approximate surface area is 101 Å². The van der Waals surface area contributed by atoms with Crippen molar-refractivity contribution in [3.8, 4) is 0 Å². The minimum atomic E-state index is -0.233. The first-order valence-corrected chi connectivity index (χ1v) is 6.89. The molecule has 0 aromatic carbocycles. The Morgan fingerprint density at radius 1 is 1.00 bits per heavy atom. The van der Waals surface area contributed by atoms with E-state index in [1.807, 2.05) is 0 Å². The standard InChI is InChI=1S/C14H30O2/c1-4-7-8-13(6-3)10-14(11-15,12-16)9-5-2/h13,15-16H,4-12H2,1-3H3. The van der Waals surface area contributed by atoms with Crippen molar-refractivity contribution in [3.05, 3.63) is 0 Å². The Morgan fingerprint density at radius 2 is 1.62 bits per heavy atom. The van der Waals surface area contributed by atoms with Crippen LogP contribution in [0.1, 0.15) is 65.7 Å². The summed E-state index contributed by atoms with van der Waals surface area (Å²) in [5.74, 6) is 0.658. The third kappa shape index (κ3) is 5.31. The monoisotopic (exact) mass is 230 g/mol. The minimum Gasteiger partial charge on any atom is -0.396 e. The zero-order chi connectivity index (χ0) is 12.4. The van der Waals surface area contributed by atoms with Crippen molar-refractivity contribution in [2.45, 2.75) is 65.7 Å². The molecule has 2 nitrogen and oxygen atoms in total. The Hall–Kier alpha value is -0.0800. The number of unbranched alkanes of at least 4 members (excludes halogenated alkanes) is 1. The largest absolute Gasteiger partial charge is 0.396 e. The van der Waals surface area contributed by atoms with Gasteiger partial charge in [0.25, 0.3) is 0 Å². The molecule has 0 aromatic rings.